The monoisotopic (exact) mass is 365 g/mol. The Morgan fingerprint density at radius 1 is 1.19 bits per heavy atom. The Morgan fingerprint density at radius 3 is 2.67 bits per heavy atom. The van der Waals surface area contributed by atoms with E-state index in [-0.39, 0.29) is 0 Å². The second-order valence-electron chi connectivity index (χ2n) is 7.02. The van der Waals surface area contributed by atoms with Crippen molar-refractivity contribution in [2.75, 3.05) is 13.1 Å². The molecule has 3 aromatic rings. The lowest BCUT2D eigenvalue weighted by Crippen LogP contribution is -2.40. The van der Waals surface area contributed by atoms with E-state index in [9.17, 15) is 9.59 Å². The standard InChI is InChI=1S/C21H23N3O3/c1-3-15-17(13(2)27-23-15)19-18(14-9-5-6-10-16(14)22-19)20(25)21(26)24-11-7-4-8-12-24/h5-6,9-10,22H,3-4,7-8,11-12H2,1-2H3. The Kier molecular flexibility index (Phi) is 4.56. The third kappa shape index (κ3) is 2.95. The van der Waals surface area contributed by atoms with Crippen molar-refractivity contribution in [3.8, 4) is 11.3 Å². The van der Waals surface area contributed by atoms with Crippen molar-refractivity contribution < 1.29 is 14.1 Å². The van der Waals surface area contributed by atoms with Crippen LogP contribution in [0.15, 0.2) is 28.8 Å². The first-order valence-corrected chi connectivity index (χ1v) is 9.51. The number of amides is 1. The third-order valence-corrected chi connectivity index (χ3v) is 5.29. The lowest BCUT2D eigenvalue weighted by atomic mass is 9.98. The van der Waals surface area contributed by atoms with Crippen LogP contribution < -0.4 is 0 Å². The number of H-pyrrole nitrogens is 1. The lowest BCUT2D eigenvalue weighted by molar-refractivity contribution is -0.127. The topological polar surface area (TPSA) is 79.2 Å². The Hall–Kier alpha value is -2.89. The first kappa shape index (κ1) is 17.5. The molecule has 6 heteroatoms. The van der Waals surface area contributed by atoms with E-state index in [1.165, 1.54) is 0 Å². The van der Waals surface area contributed by atoms with Crippen LogP contribution >= 0.6 is 0 Å². The predicted molar refractivity (Wildman–Crippen MR) is 103 cm³/mol. The summed E-state index contributed by atoms with van der Waals surface area (Å²) in [4.78, 5) is 31.2. The molecular formula is C21H23N3O3. The summed E-state index contributed by atoms with van der Waals surface area (Å²) < 4.78 is 5.37. The highest BCUT2D eigenvalue weighted by Crippen LogP contribution is 2.35. The number of nitrogens with one attached hydrogen (secondary N) is 1. The van der Waals surface area contributed by atoms with Crippen LogP contribution in [0.2, 0.25) is 0 Å². The maximum absolute atomic E-state index is 13.3. The molecule has 0 radical (unpaired) electrons. The minimum Gasteiger partial charge on any atom is -0.361 e. The fraction of sp³-hybridized carbons (Fsp3) is 0.381. The van der Waals surface area contributed by atoms with Gasteiger partial charge in [0.15, 0.2) is 0 Å². The molecular weight excluding hydrogens is 342 g/mol. The van der Waals surface area contributed by atoms with Gasteiger partial charge in [0.2, 0.25) is 0 Å². The van der Waals surface area contributed by atoms with E-state index in [1.807, 2.05) is 38.1 Å². The number of fused-ring (bicyclic) bond motifs is 1. The number of ketones is 1. The summed E-state index contributed by atoms with van der Waals surface area (Å²) in [6, 6.07) is 7.57. The number of hydrogen-bond donors (Lipinski definition) is 1. The molecule has 1 aromatic carbocycles. The molecule has 1 amide bonds. The number of rotatable bonds is 4. The number of aromatic amines is 1. The largest absolute Gasteiger partial charge is 0.361 e. The van der Waals surface area contributed by atoms with E-state index in [0.717, 1.165) is 41.4 Å². The number of aromatic nitrogens is 2. The van der Waals surface area contributed by atoms with Crippen molar-refractivity contribution >= 4 is 22.6 Å². The number of likely N-dealkylation sites (tertiary alicyclic amines) is 1. The minimum atomic E-state index is -0.466. The SMILES string of the molecule is CCc1noc(C)c1-c1[nH]c2ccccc2c1C(=O)C(=O)N1CCCCC1. The van der Waals surface area contributed by atoms with Crippen LogP contribution in [0, 0.1) is 6.92 Å². The molecule has 3 heterocycles. The van der Waals surface area contributed by atoms with Crippen LogP contribution in [0.1, 0.15) is 48.0 Å². The zero-order valence-corrected chi connectivity index (χ0v) is 15.7. The molecule has 1 N–H and O–H groups in total. The van der Waals surface area contributed by atoms with Gasteiger partial charge >= 0.3 is 0 Å². The van der Waals surface area contributed by atoms with Crippen LogP contribution in [0.3, 0.4) is 0 Å². The number of piperidine rings is 1. The molecule has 0 atom stereocenters. The van der Waals surface area contributed by atoms with Crippen LogP contribution in [0.4, 0.5) is 0 Å². The van der Waals surface area contributed by atoms with Gasteiger partial charge in [-0.15, -0.1) is 0 Å². The van der Waals surface area contributed by atoms with Crippen molar-refractivity contribution in [1.29, 1.82) is 0 Å². The number of Topliss-reactive ketones (excluding diaryl/α,β-unsaturated/α-hetero) is 1. The molecule has 1 aliphatic heterocycles. The zero-order chi connectivity index (χ0) is 19.0. The third-order valence-electron chi connectivity index (χ3n) is 5.29. The number of carbonyl (C=O) groups is 2. The van der Waals surface area contributed by atoms with Crippen molar-refractivity contribution in [2.45, 2.75) is 39.5 Å². The second kappa shape index (κ2) is 7.02. The van der Waals surface area contributed by atoms with E-state index < -0.39 is 11.7 Å². The van der Waals surface area contributed by atoms with E-state index in [1.54, 1.807) is 4.90 Å². The van der Waals surface area contributed by atoms with Crippen LogP contribution in [-0.2, 0) is 11.2 Å². The highest BCUT2D eigenvalue weighted by Gasteiger charge is 2.31. The zero-order valence-electron chi connectivity index (χ0n) is 15.7. The molecule has 1 saturated heterocycles. The average Bonchev–Trinajstić information content (AvgIpc) is 3.27. The Labute approximate surface area is 157 Å². The van der Waals surface area contributed by atoms with Gasteiger partial charge in [0.25, 0.3) is 11.7 Å². The molecule has 2 aromatic heterocycles. The van der Waals surface area contributed by atoms with Gasteiger partial charge in [0.05, 0.1) is 22.5 Å². The smallest absolute Gasteiger partial charge is 0.295 e. The molecule has 0 spiro atoms. The van der Waals surface area contributed by atoms with E-state index in [0.29, 0.717) is 36.5 Å². The molecule has 0 bridgehead atoms. The molecule has 4 rings (SSSR count). The second-order valence-corrected chi connectivity index (χ2v) is 7.02. The first-order valence-electron chi connectivity index (χ1n) is 9.51. The van der Waals surface area contributed by atoms with Gasteiger partial charge < -0.3 is 14.4 Å². The lowest BCUT2D eigenvalue weighted by Gasteiger charge is -2.26. The molecule has 0 aliphatic carbocycles. The summed E-state index contributed by atoms with van der Waals surface area (Å²) in [5.41, 5.74) is 3.43. The number of para-hydroxylation sites is 1. The molecule has 0 saturated carbocycles. The molecule has 140 valence electrons. The number of nitrogens with zero attached hydrogens (tertiary/aromatic N) is 2. The van der Waals surface area contributed by atoms with Crippen molar-refractivity contribution in [2.24, 2.45) is 0 Å². The highest BCUT2D eigenvalue weighted by atomic mass is 16.5. The van der Waals surface area contributed by atoms with Crippen molar-refractivity contribution in [1.82, 2.24) is 15.0 Å². The summed E-state index contributed by atoms with van der Waals surface area (Å²) in [5.74, 6) is -0.252. The predicted octanol–water partition coefficient (Wildman–Crippen LogP) is 3.89. The molecule has 0 unspecified atom stereocenters. The van der Waals surface area contributed by atoms with Crippen molar-refractivity contribution in [3.63, 3.8) is 0 Å². The summed E-state index contributed by atoms with van der Waals surface area (Å²) in [5, 5.41) is 4.87. The fourth-order valence-corrected chi connectivity index (χ4v) is 3.89. The summed E-state index contributed by atoms with van der Waals surface area (Å²) >= 11 is 0. The van der Waals surface area contributed by atoms with E-state index >= 15 is 0 Å². The normalized spacial score (nSPS) is 14.7. The number of carbonyl (C=O) groups excluding carboxylic acids is 2. The molecule has 27 heavy (non-hydrogen) atoms. The average molecular weight is 365 g/mol. The Morgan fingerprint density at radius 2 is 1.93 bits per heavy atom. The summed E-state index contributed by atoms with van der Waals surface area (Å²) in [6.07, 6.45) is 3.68. The maximum Gasteiger partial charge on any atom is 0.295 e. The maximum atomic E-state index is 13.3. The summed E-state index contributed by atoms with van der Waals surface area (Å²) in [6.45, 7) is 5.11. The quantitative estimate of drug-likeness (QED) is 0.562. The van der Waals surface area contributed by atoms with Crippen LogP contribution in [-0.4, -0.2) is 39.8 Å². The van der Waals surface area contributed by atoms with Crippen LogP contribution in [0.5, 0.6) is 0 Å². The first-order chi connectivity index (χ1) is 13.1. The molecule has 1 fully saturated rings. The Balaban J connectivity index is 1.87. The van der Waals surface area contributed by atoms with Gasteiger partial charge in [-0.2, -0.15) is 0 Å². The number of benzene rings is 1. The van der Waals surface area contributed by atoms with Gasteiger partial charge in [-0.25, -0.2) is 0 Å². The number of hydrogen-bond acceptors (Lipinski definition) is 4. The number of aryl methyl sites for hydroxylation is 2. The minimum absolute atomic E-state index is 0.419. The van der Waals surface area contributed by atoms with Crippen LogP contribution in [0.25, 0.3) is 22.2 Å². The highest BCUT2D eigenvalue weighted by molar-refractivity contribution is 6.46. The Bertz CT molecular complexity index is 1010. The molecule has 1 aliphatic rings. The molecule has 6 nitrogen and oxygen atoms in total. The summed E-state index contributed by atoms with van der Waals surface area (Å²) in [7, 11) is 0. The van der Waals surface area contributed by atoms with Gasteiger partial charge in [-0.1, -0.05) is 30.3 Å². The van der Waals surface area contributed by atoms with Gasteiger partial charge in [0, 0.05) is 24.0 Å². The van der Waals surface area contributed by atoms with Gasteiger partial charge in [-0.3, -0.25) is 9.59 Å². The van der Waals surface area contributed by atoms with E-state index in [2.05, 4.69) is 10.1 Å². The van der Waals surface area contributed by atoms with Crippen molar-refractivity contribution in [3.05, 3.63) is 41.3 Å². The fourth-order valence-electron chi connectivity index (χ4n) is 3.89. The van der Waals surface area contributed by atoms with Gasteiger partial charge in [0.1, 0.15) is 5.76 Å². The van der Waals surface area contributed by atoms with E-state index in [4.69, 9.17) is 4.52 Å². The van der Waals surface area contributed by atoms with Gasteiger partial charge in [-0.05, 0) is 38.7 Å².